The van der Waals surface area contributed by atoms with Gasteiger partial charge in [-0.1, -0.05) is 36.4 Å². The minimum Gasteiger partial charge on any atom is -0.444 e. The largest absolute Gasteiger partial charge is 0.444 e. The van der Waals surface area contributed by atoms with Gasteiger partial charge in [0.25, 0.3) is 5.91 Å². The number of likely N-dealkylation sites (N-methyl/N-ethyl adjacent to an activating group) is 1. The Morgan fingerprint density at radius 2 is 1.65 bits per heavy atom. The van der Waals surface area contributed by atoms with Crippen LogP contribution in [0.4, 0.5) is 0 Å². The molecule has 26 heavy (non-hydrogen) atoms. The second-order valence-corrected chi connectivity index (χ2v) is 8.19. The zero-order valence-electron chi connectivity index (χ0n) is 15.1. The molecule has 0 aliphatic heterocycles. The molecule has 138 valence electrons. The Morgan fingerprint density at radius 1 is 1.04 bits per heavy atom. The van der Waals surface area contributed by atoms with Crippen LogP contribution in [0.3, 0.4) is 0 Å². The van der Waals surface area contributed by atoms with Crippen LogP contribution in [0.1, 0.15) is 27.6 Å². The molecule has 0 aliphatic rings. The van der Waals surface area contributed by atoms with Gasteiger partial charge in [-0.15, -0.1) is 0 Å². The molecule has 0 heterocycles. The first-order valence-electron chi connectivity index (χ1n) is 7.89. The van der Waals surface area contributed by atoms with E-state index in [4.69, 9.17) is 4.74 Å². The first kappa shape index (κ1) is 19.7. The minimum absolute atomic E-state index is 0.0187. The molecule has 0 aromatic heterocycles. The van der Waals surface area contributed by atoms with Gasteiger partial charge in [0.05, 0.1) is 10.5 Å². The molecule has 2 aromatic rings. The van der Waals surface area contributed by atoms with E-state index < -0.39 is 21.9 Å². The maximum absolute atomic E-state index is 12.7. The summed E-state index contributed by atoms with van der Waals surface area (Å²) in [6, 6.07) is 12.9. The minimum atomic E-state index is -3.47. The number of hydrogen-bond acceptors (Lipinski definition) is 5. The third-order valence-electron chi connectivity index (χ3n) is 3.85. The van der Waals surface area contributed by atoms with Crippen molar-refractivity contribution in [2.45, 2.75) is 17.9 Å². The number of rotatable bonds is 5. The molecule has 0 radical (unpaired) electrons. The number of sulfone groups is 1. The van der Waals surface area contributed by atoms with E-state index in [2.05, 4.69) is 0 Å². The number of nitrogens with zero attached hydrogens (tertiary/aromatic N) is 1. The van der Waals surface area contributed by atoms with Gasteiger partial charge in [0.2, 0.25) is 6.10 Å². The topological polar surface area (TPSA) is 80.7 Å². The summed E-state index contributed by atoms with van der Waals surface area (Å²) in [4.78, 5) is 26.5. The number of amides is 1. The van der Waals surface area contributed by atoms with E-state index in [9.17, 15) is 18.0 Å². The fourth-order valence-corrected chi connectivity index (χ4v) is 2.99. The van der Waals surface area contributed by atoms with Crippen LogP contribution in [0.2, 0.25) is 0 Å². The zero-order valence-corrected chi connectivity index (χ0v) is 15.9. The lowest BCUT2D eigenvalue weighted by atomic mass is 10.1. The molecule has 0 bridgehead atoms. The summed E-state index contributed by atoms with van der Waals surface area (Å²) >= 11 is 0. The van der Waals surface area contributed by atoms with Crippen molar-refractivity contribution >= 4 is 21.7 Å². The molecule has 1 unspecified atom stereocenters. The summed E-state index contributed by atoms with van der Waals surface area (Å²) < 4.78 is 29.0. The standard InChI is InChI=1S/C19H21NO5S/c1-13-10-11-15(26(4,23)24)12-16(13)19(22)25-17(18(21)20(2)3)14-8-6-5-7-9-14/h5-12,17H,1-4H3. The fourth-order valence-electron chi connectivity index (χ4n) is 2.35. The van der Waals surface area contributed by atoms with E-state index in [0.29, 0.717) is 11.1 Å². The maximum Gasteiger partial charge on any atom is 0.339 e. The summed E-state index contributed by atoms with van der Waals surface area (Å²) in [5.74, 6) is -1.14. The van der Waals surface area contributed by atoms with E-state index >= 15 is 0 Å². The van der Waals surface area contributed by atoms with Crippen LogP contribution >= 0.6 is 0 Å². The quantitative estimate of drug-likeness (QED) is 0.750. The highest BCUT2D eigenvalue weighted by Gasteiger charge is 2.28. The molecule has 6 nitrogen and oxygen atoms in total. The Bertz CT molecular complexity index is 920. The third kappa shape index (κ3) is 4.49. The number of esters is 1. The highest BCUT2D eigenvalue weighted by molar-refractivity contribution is 7.90. The van der Waals surface area contributed by atoms with Gasteiger partial charge >= 0.3 is 5.97 Å². The Balaban J connectivity index is 2.40. The number of hydrogen-bond donors (Lipinski definition) is 0. The van der Waals surface area contributed by atoms with Crippen molar-refractivity contribution in [1.82, 2.24) is 4.90 Å². The second-order valence-electron chi connectivity index (χ2n) is 6.18. The number of aryl methyl sites for hydroxylation is 1. The van der Waals surface area contributed by atoms with E-state index in [0.717, 1.165) is 6.26 Å². The Morgan fingerprint density at radius 3 is 2.19 bits per heavy atom. The van der Waals surface area contributed by atoms with Gasteiger partial charge in [0.15, 0.2) is 9.84 Å². The molecule has 0 aliphatic carbocycles. The molecule has 0 fully saturated rings. The van der Waals surface area contributed by atoms with E-state index in [1.54, 1.807) is 51.4 Å². The van der Waals surface area contributed by atoms with Gasteiger partial charge in [0, 0.05) is 25.9 Å². The summed E-state index contributed by atoms with van der Waals surface area (Å²) in [7, 11) is -0.327. The van der Waals surface area contributed by atoms with Crippen molar-refractivity contribution in [2.75, 3.05) is 20.4 Å². The van der Waals surface area contributed by atoms with Crippen LogP contribution in [0.15, 0.2) is 53.4 Å². The Labute approximate surface area is 153 Å². The lowest BCUT2D eigenvalue weighted by Gasteiger charge is -2.21. The van der Waals surface area contributed by atoms with Crippen LogP contribution in [0.5, 0.6) is 0 Å². The first-order chi connectivity index (χ1) is 12.1. The average Bonchev–Trinajstić information content (AvgIpc) is 2.58. The molecule has 7 heteroatoms. The lowest BCUT2D eigenvalue weighted by Crippen LogP contribution is -2.31. The van der Waals surface area contributed by atoms with Crippen molar-refractivity contribution in [3.05, 3.63) is 65.2 Å². The van der Waals surface area contributed by atoms with Gasteiger partial charge in [-0.3, -0.25) is 4.79 Å². The lowest BCUT2D eigenvalue weighted by molar-refractivity contribution is -0.138. The van der Waals surface area contributed by atoms with Crippen molar-refractivity contribution < 1.29 is 22.7 Å². The molecule has 0 spiro atoms. The van der Waals surface area contributed by atoms with E-state index in [-0.39, 0.29) is 16.4 Å². The van der Waals surface area contributed by atoms with Gasteiger partial charge < -0.3 is 9.64 Å². The smallest absolute Gasteiger partial charge is 0.339 e. The van der Waals surface area contributed by atoms with Crippen molar-refractivity contribution in [3.8, 4) is 0 Å². The van der Waals surface area contributed by atoms with Crippen molar-refractivity contribution in [3.63, 3.8) is 0 Å². The maximum atomic E-state index is 12.7. The van der Waals surface area contributed by atoms with Gasteiger partial charge in [0.1, 0.15) is 0 Å². The summed E-state index contributed by atoms with van der Waals surface area (Å²) in [5.41, 5.74) is 1.21. The molecular weight excluding hydrogens is 354 g/mol. The molecule has 0 saturated carbocycles. The number of carbonyl (C=O) groups is 2. The number of ether oxygens (including phenoxy) is 1. The fraction of sp³-hybridized carbons (Fsp3) is 0.263. The van der Waals surface area contributed by atoms with Crippen LogP contribution in [-0.4, -0.2) is 45.5 Å². The highest BCUT2D eigenvalue weighted by Crippen LogP contribution is 2.23. The predicted octanol–water partition coefficient (Wildman–Crippen LogP) is 2.38. The molecule has 2 aromatic carbocycles. The summed E-state index contributed by atoms with van der Waals surface area (Å²) in [6.07, 6.45) is -0.0465. The Kier molecular flexibility index (Phi) is 5.82. The van der Waals surface area contributed by atoms with E-state index in [1.165, 1.54) is 23.1 Å². The normalized spacial score (nSPS) is 12.3. The molecule has 2 rings (SSSR count). The first-order valence-corrected chi connectivity index (χ1v) is 9.78. The number of benzene rings is 2. The molecule has 1 atom stereocenters. The van der Waals surface area contributed by atoms with Crippen LogP contribution < -0.4 is 0 Å². The van der Waals surface area contributed by atoms with Gasteiger partial charge in [-0.2, -0.15) is 0 Å². The van der Waals surface area contributed by atoms with E-state index in [1.807, 2.05) is 0 Å². The Hall–Kier alpha value is -2.67. The monoisotopic (exact) mass is 375 g/mol. The predicted molar refractivity (Wildman–Crippen MR) is 97.6 cm³/mol. The third-order valence-corrected chi connectivity index (χ3v) is 4.96. The number of carbonyl (C=O) groups excluding carboxylic acids is 2. The van der Waals surface area contributed by atoms with Crippen LogP contribution in [0, 0.1) is 6.92 Å². The zero-order chi connectivity index (χ0) is 19.5. The SMILES string of the molecule is Cc1ccc(S(C)(=O)=O)cc1C(=O)OC(C(=O)N(C)C)c1ccccc1. The van der Waals surface area contributed by atoms with Crippen molar-refractivity contribution in [1.29, 1.82) is 0 Å². The molecule has 1 amide bonds. The molecular formula is C19H21NO5S. The van der Waals surface area contributed by atoms with Crippen molar-refractivity contribution in [2.24, 2.45) is 0 Å². The van der Waals surface area contributed by atoms with Crippen LogP contribution in [0.25, 0.3) is 0 Å². The highest BCUT2D eigenvalue weighted by atomic mass is 32.2. The second kappa shape index (κ2) is 7.70. The molecule has 0 saturated heterocycles. The van der Waals surface area contributed by atoms with Gasteiger partial charge in [-0.25, -0.2) is 13.2 Å². The van der Waals surface area contributed by atoms with Gasteiger partial charge in [-0.05, 0) is 24.6 Å². The summed E-state index contributed by atoms with van der Waals surface area (Å²) in [6.45, 7) is 1.67. The molecule has 0 N–H and O–H groups in total. The average molecular weight is 375 g/mol. The summed E-state index contributed by atoms with van der Waals surface area (Å²) in [5, 5.41) is 0. The van der Waals surface area contributed by atoms with Crippen LogP contribution in [-0.2, 0) is 19.4 Å².